The number of carbonyl (C=O) groups excluding carboxylic acids is 1. The number of aryl methyl sites for hydroxylation is 1. The first-order valence-corrected chi connectivity index (χ1v) is 9.59. The molecule has 0 N–H and O–H groups in total. The van der Waals surface area contributed by atoms with E-state index in [1.807, 2.05) is 47.8 Å². The molecule has 27 heavy (non-hydrogen) atoms. The average Bonchev–Trinajstić information content (AvgIpc) is 3.13. The van der Waals surface area contributed by atoms with E-state index in [0.717, 1.165) is 53.7 Å². The lowest BCUT2D eigenvalue weighted by atomic mass is 10.0. The Bertz CT molecular complexity index is 957. The maximum Gasteiger partial charge on any atom is 0.263 e. The number of benzene rings is 2. The second-order valence-electron chi connectivity index (χ2n) is 7.21. The van der Waals surface area contributed by atoms with Crippen molar-refractivity contribution >= 4 is 16.7 Å². The number of fused-ring (bicyclic) bond motifs is 1. The molecule has 5 heteroatoms. The Morgan fingerprint density at radius 3 is 2.52 bits per heavy atom. The van der Waals surface area contributed by atoms with Crippen molar-refractivity contribution < 1.29 is 9.53 Å². The SMILES string of the molecule is CC(Oc1ccc2cc(-c3ccnn3C)ccc2c1)C(=O)N1CCCCC1. The van der Waals surface area contributed by atoms with Crippen LogP contribution < -0.4 is 4.74 Å². The van der Waals surface area contributed by atoms with Gasteiger partial charge in [-0.1, -0.05) is 18.2 Å². The van der Waals surface area contributed by atoms with Crippen LogP contribution in [0.3, 0.4) is 0 Å². The zero-order valence-electron chi connectivity index (χ0n) is 15.9. The standard InChI is InChI=1S/C22H25N3O2/c1-16(22(26)25-12-4-3-5-13-25)27-20-9-8-17-14-19(7-6-18(17)15-20)21-10-11-23-24(21)2/h6-11,14-16H,3-5,12-13H2,1-2H3. The zero-order chi connectivity index (χ0) is 18.8. The van der Waals surface area contributed by atoms with Crippen LogP contribution in [0, 0.1) is 0 Å². The van der Waals surface area contributed by atoms with Crippen LogP contribution in [-0.4, -0.2) is 39.8 Å². The minimum atomic E-state index is -0.464. The van der Waals surface area contributed by atoms with Gasteiger partial charge < -0.3 is 9.64 Å². The molecule has 140 valence electrons. The molecule has 2 heterocycles. The Morgan fingerprint density at radius 2 is 1.78 bits per heavy atom. The fourth-order valence-corrected chi connectivity index (χ4v) is 3.74. The third-order valence-electron chi connectivity index (χ3n) is 5.26. The summed E-state index contributed by atoms with van der Waals surface area (Å²) in [6.45, 7) is 3.54. The van der Waals surface area contributed by atoms with Gasteiger partial charge in [-0.05, 0) is 61.2 Å². The van der Waals surface area contributed by atoms with Gasteiger partial charge in [-0.15, -0.1) is 0 Å². The summed E-state index contributed by atoms with van der Waals surface area (Å²) >= 11 is 0. The van der Waals surface area contributed by atoms with Crippen LogP contribution >= 0.6 is 0 Å². The van der Waals surface area contributed by atoms with Crippen molar-refractivity contribution in [3.63, 3.8) is 0 Å². The van der Waals surface area contributed by atoms with Gasteiger partial charge in [0.05, 0.1) is 5.69 Å². The Hall–Kier alpha value is -2.82. The molecule has 0 spiro atoms. The number of likely N-dealkylation sites (tertiary alicyclic amines) is 1. The summed E-state index contributed by atoms with van der Waals surface area (Å²) < 4.78 is 7.82. The highest BCUT2D eigenvalue weighted by Gasteiger charge is 2.23. The van der Waals surface area contributed by atoms with E-state index < -0.39 is 6.10 Å². The first-order valence-electron chi connectivity index (χ1n) is 9.59. The van der Waals surface area contributed by atoms with Crippen molar-refractivity contribution in [1.29, 1.82) is 0 Å². The number of nitrogens with zero attached hydrogens (tertiary/aromatic N) is 3. The van der Waals surface area contributed by atoms with Crippen LogP contribution in [0.25, 0.3) is 22.0 Å². The molecule has 1 aliphatic heterocycles. The van der Waals surface area contributed by atoms with Crippen molar-refractivity contribution in [2.75, 3.05) is 13.1 Å². The average molecular weight is 363 g/mol. The lowest BCUT2D eigenvalue weighted by molar-refractivity contribution is -0.138. The molecule has 1 saturated heterocycles. The van der Waals surface area contributed by atoms with E-state index in [4.69, 9.17) is 4.74 Å². The molecular formula is C22H25N3O2. The molecule has 1 aromatic heterocycles. The van der Waals surface area contributed by atoms with Gasteiger partial charge in [-0.25, -0.2) is 0 Å². The number of aromatic nitrogens is 2. The second kappa shape index (κ2) is 7.43. The molecule has 0 saturated carbocycles. The number of rotatable bonds is 4. The highest BCUT2D eigenvalue weighted by molar-refractivity contribution is 5.88. The summed E-state index contributed by atoms with van der Waals surface area (Å²) in [6.07, 6.45) is 4.73. The lowest BCUT2D eigenvalue weighted by Crippen LogP contribution is -2.43. The summed E-state index contributed by atoms with van der Waals surface area (Å²) in [5.74, 6) is 0.815. The molecular weight excluding hydrogens is 338 g/mol. The fraction of sp³-hybridized carbons (Fsp3) is 0.364. The summed E-state index contributed by atoms with van der Waals surface area (Å²) in [5, 5.41) is 6.46. The third kappa shape index (κ3) is 3.68. The predicted molar refractivity (Wildman–Crippen MR) is 107 cm³/mol. The molecule has 1 fully saturated rings. The van der Waals surface area contributed by atoms with Gasteiger partial charge in [0.25, 0.3) is 5.91 Å². The molecule has 4 rings (SSSR count). The molecule has 1 amide bonds. The van der Waals surface area contributed by atoms with E-state index in [1.54, 1.807) is 6.20 Å². The number of carbonyl (C=O) groups is 1. The Balaban J connectivity index is 1.51. The van der Waals surface area contributed by atoms with Crippen molar-refractivity contribution in [3.05, 3.63) is 48.7 Å². The highest BCUT2D eigenvalue weighted by Crippen LogP contribution is 2.27. The molecule has 1 unspecified atom stereocenters. The molecule has 5 nitrogen and oxygen atoms in total. The maximum atomic E-state index is 12.6. The van der Waals surface area contributed by atoms with Gasteiger partial charge in [0, 0.05) is 31.9 Å². The summed E-state index contributed by atoms with van der Waals surface area (Å²) in [6, 6.07) is 14.3. The van der Waals surface area contributed by atoms with Crippen molar-refractivity contribution in [3.8, 4) is 17.0 Å². The summed E-state index contributed by atoms with van der Waals surface area (Å²) in [7, 11) is 1.94. The van der Waals surface area contributed by atoms with Gasteiger partial charge in [-0.3, -0.25) is 9.48 Å². The normalized spacial score (nSPS) is 15.7. The smallest absolute Gasteiger partial charge is 0.263 e. The van der Waals surface area contributed by atoms with E-state index in [9.17, 15) is 4.79 Å². The topological polar surface area (TPSA) is 47.4 Å². The molecule has 0 radical (unpaired) electrons. The van der Waals surface area contributed by atoms with Gasteiger partial charge in [0.2, 0.25) is 0 Å². The Kier molecular flexibility index (Phi) is 4.84. The number of hydrogen-bond acceptors (Lipinski definition) is 3. The number of piperidine rings is 1. The van der Waals surface area contributed by atoms with E-state index in [2.05, 4.69) is 23.3 Å². The zero-order valence-corrected chi connectivity index (χ0v) is 15.9. The van der Waals surface area contributed by atoms with Crippen LogP contribution in [0.4, 0.5) is 0 Å². The van der Waals surface area contributed by atoms with Gasteiger partial charge in [0.15, 0.2) is 6.10 Å². The first kappa shape index (κ1) is 17.6. The minimum Gasteiger partial charge on any atom is -0.481 e. The third-order valence-corrected chi connectivity index (χ3v) is 5.26. The van der Waals surface area contributed by atoms with Gasteiger partial charge >= 0.3 is 0 Å². The Labute approximate surface area is 159 Å². The van der Waals surface area contributed by atoms with Crippen LogP contribution in [0.15, 0.2) is 48.7 Å². The first-order chi connectivity index (χ1) is 13.1. The molecule has 0 aliphatic carbocycles. The van der Waals surface area contributed by atoms with Gasteiger partial charge in [0.1, 0.15) is 5.75 Å². The Morgan fingerprint density at radius 1 is 1.04 bits per heavy atom. The minimum absolute atomic E-state index is 0.0846. The molecule has 3 aromatic rings. The second-order valence-corrected chi connectivity index (χ2v) is 7.21. The van der Waals surface area contributed by atoms with E-state index >= 15 is 0 Å². The fourth-order valence-electron chi connectivity index (χ4n) is 3.74. The van der Waals surface area contributed by atoms with E-state index in [0.29, 0.717) is 0 Å². The quantitative estimate of drug-likeness (QED) is 0.703. The summed E-state index contributed by atoms with van der Waals surface area (Å²) in [5.41, 5.74) is 2.21. The van der Waals surface area contributed by atoms with E-state index in [1.165, 1.54) is 6.42 Å². The molecule has 2 aromatic carbocycles. The van der Waals surface area contributed by atoms with Crippen molar-refractivity contribution in [2.24, 2.45) is 7.05 Å². The number of ether oxygens (including phenoxy) is 1. The monoisotopic (exact) mass is 363 g/mol. The number of hydrogen-bond donors (Lipinski definition) is 0. The molecule has 1 aliphatic rings. The van der Waals surface area contributed by atoms with Crippen molar-refractivity contribution in [2.45, 2.75) is 32.3 Å². The maximum absolute atomic E-state index is 12.6. The van der Waals surface area contributed by atoms with Crippen LogP contribution in [0.1, 0.15) is 26.2 Å². The summed E-state index contributed by atoms with van der Waals surface area (Å²) in [4.78, 5) is 14.5. The van der Waals surface area contributed by atoms with Gasteiger partial charge in [-0.2, -0.15) is 5.10 Å². The molecule has 0 bridgehead atoms. The van der Waals surface area contributed by atoms with E-state index in [-0.39, 0.29) is 5.91 Å². The predicted octanol–water partition coefficient (Wildman–Crippen LogP) is 4.02. The van der Waals surface area contributed by atoms with Crippen LogP contribution in [-0.2, 0) is 11.8 Å². The lowest BCUT2D eigenvalue weighted by Gasteiger charge is -2.29. The number of amides is 1. The van der Waals surface area contributed by atoms with Crippen LogP contribution in [0.2, 0.25) is 0 Å². The van der Waals surface area contributed by atoms with Crippen LogP contribution in [0.5, 0.6) is 5.75 Å². The molecule has 1 atom stereocenters. The highest BCUT2D eigenvalue weighted by atomic mass is 16.5. The largest absolute Gasteiger partial charge is 0.481 e. The van der Waals surface area contributed by atoms with Crippen molar-refractivity contribution in [1.82, 2.24) is 14.7 Å².